The fourth-order valence-electron chi connectivity index (χ4n) is 3.52. The van der Waals surface area contributed by atoms with Crippen molar-refractivity contribution in [1.82, 2.24) is 25.6 Å². The number of benzene rings is 1. The van der Waals surface area contributed by atoms with E-state index in [-0.39, 0.29) is 23.7 Å². The number of rotatable bonds is 7. The lowest BCUT2D eigenvalue weighted by Crippen LogP contribution is -2.48. The van der Waals surface area contributed by atoms with Crippen LogP contribution in [0.2, 0.25) is 0 Å². The molecule has 0 bridgehead atoms. The first-order valence-electron chi connectivity index (χ1n) is 10.9. The van der Waals surface area contributed by atoms with Crippen LogP contribution in [0.1, 0.15) is 45.8 Å². The molecule has 0 spiro atoms. The van der Waals surface area contributed by atoms with Crippen molar-refractivity contribution in [3.63, 3.8) is 0 Å². The maximum atomic E-state index is 13.2. The number of pyridine rings is 1. The number of alkyl halides is 3. The standard InChI is InChI=1S/C24H23F3N6O2/c1-14-9-17(32-19-6-4-3-5-18(19)24(25,26)27)12-30-20(14)13-31-22(35)23(7-8-23)33-21(34)16-10-28-15(2)29-11-16/h3-6,9-12,32H,7-8,13H2,1-2H3,(H,31,35)(H,33,34). The van der Waals surface area contributed by atoms with Crippen molar-refractivity contribution in [3.05, 3.63) is 77.1 Å². The molecule has 11 heteroatoms. The van der Waals surface area contributed by atoms with Crippen LogP contribution in [0, 0.1) is 13.8 Å². The Morgan fingerprint density at radius 2 is 1.71 bits per heavy atom. The van der Waals surface area contributed by atoms with E-state index in [9.17, 15) is 22.8 Å². The van der Waals surface area contributed by atoms with Crippen LogP contribution in [0.25, 0.3) is 0 Å². The van der Waals surface area contributed by atoms with Crippen molar-refractivity contribution < 1.29 is 22.8 Å². The van der Waals surface area contributed by atoms with Gasteiger partial charge in [-0.05, 0) is 50.5 Å². The molecule has 4 rings (SSSR count). The average Bonchev–Trinajstić information content (AvgIpc) is 3.59. The summed E-state index contributed by atoms with van der Waals surface area (Å²) in [5, 5.41) is 8.30. The zero-order valence-corrected chi connectivity index (χ0v) is 19.0. The molecule has 0 saturated heterocycles. The Morgan fingerprint density at radius 1 is 1.03 bits per heavy atom. The van der Waals surface area contributed by atoms with E-state index in [0.29, 0.717) is 35.6 Å². The Bertz CT molecular complexity index is 1260. The van der Waals surface area contributed by atoms with Gasteiger partial charge in [0.2, 0.25) is 5.91 Å². The molecule has 35 heavy (non-hydrogen) atoms. The first-order chi connectivity index (χ1) is 16.6. The van der Waals surface area contributed by atoms with Gasteiger partial charge in [0.05, 0.1) is 40.9 Å². The Labute approximate surface area is 199 Å². The highest BCUT2D eigenvalue weighted by Crippen LogP contribution is 2.37. The molecule has 0 radical (unpaired) electrons. The number of hydrogen-bond donors (Lipinski definition) is 3. The number of aromatic nitrogens is 3. The Kier molecular flexibility index (Phi) is 6.42. The van der Waals surface area contributed by atoms with Crippen LogP contribution in [0.4, 0.5) is 24.5 Å². The predicted octanol–water partition coefficient (Wildman–Crippen LogP) is 3.83. The van der Waals surface area contributed by atoms with E-state index in [0.717, 1.165) is 6.07 Å². The van der Waals surface area contributed by atoms with Gasteiger partial charge in [0.25, 0.3) is 5.91 Å². The van der Waals surface area contributed by atoms with Crippen molar-refractivity contribution in [1.29, 1.82) is 0 Å². The SMILES string of the molecule is Cc1ncc(C(=O)NC2(C(=O)NCc3ncc(Nc4ccccc4C(F)(F)F)cc3C)CC2)cn1. The lowest BCUT2D eigenvalue weighted by atomic mass is 10.1. The number of amides is 2. The minimum atomic E-state index is -4.49. The summed E-state index contributed by atoms with van der Waals surface area (Å²) in [5.41, 5.74) is 0.0598. The number of nitrogens with zero attached hydrogens (tertiary/aromatic N) is 3. The van der Waals surface area contributed by atoms with Gasteiger partial charge in [-0.25, -0.2) is 9.97 Å². The van der Waals surface area contributed by atoms with Crippen LogP contribution in [0.3, 0.4) is 0 Å². The zero-order chi connectivity index (χ0) is 25.2. The highest BCUT2D eigenvalue weighted by molar-refractivity contribution is 6.00. The number of nitrogens with one attached hydrogen (secondary N) is 3. The summed E-state index contributed by atoms with van der Waals surface area (Å²) in [6.07, 6.45) is 0.740. The summed E-state index contributed by atoms with van der Waals surface area (Å²) in [6, 6.07) is 6.85. The minimum Gasteiger partial charge on any atom is -0.354 e. The fourth-order valence-corrected chi connectivity index (χ4v) is 3.52. The van der Waals surface area contributed by atoms with Crippen LogP contribution in [-0.4, -0.2) is 32.3 Å². The van der Waals surface area contributed by atoms with E-state index < -0.39 is 23.2 Å². The molecule has 0 atom stereocenters. The third-order valence-corrected chi connectivity index (χ3v) is 5.70. The van der Waals surface area contributed by atoms with Crippen LogP contribution < -0.4 is 16.0 Å². The van der Waals surface area contributed by atoms with Crippen molar-refractivity contribution in [2.75, 3.05) is 5.32 Å². The quantitative estimate of drug-likeness (QED) is 0.470. The maximum Gasteiger partial charge on any atom is 0.418 e. The molecule has 182 valence electrons. The van der Waals surface area contributed by atoms with E-state index in [2.05, 4.69) is 30.9 Å². The van der Waals surface area contributed by atoms with Gasteiger partial charge in [-0.15, -0.1) is 0 Å². The van der Waals surface area contributed by atoms with Gasteiger partial charge < -0.3 is 16.0 Å². The molecule has 1 aliphatic rings. The Morgan fingerprint density at radius 3 is 2.34 bits per heavy atom. The van der Waals surface area contributed by atoms with Gasteiger partial charge >= 0.3 is 6.18 Å². The molecule has 0 aliphatic heterocycles. The number of anilines is 2. The van der Waals surface area contributed by atoms with Gasteiger partial charge in [-0.1, -0.05) is 12.1 Å². The van der Waals surface area contributed by atoms with E-state index in [1.165, 1.54) is 36.8 Å². The summed E-state index contributed by atoms with van der Waals surface area (Å²) in [4.78, 5) is 37.5. The smallest absolute Gasteiger partial charge is 0.354 e. The lowest BCUT2D eigenvalue weighted by Gasteiger charge is -2.18. The average molecular weight is 484 g/mol. The van der Waals surface area contributed by atoms with Crippen molar-refractivity contribution in [2.45, 2.75) is 44.9 Å². The molecule has 8 nitrogen and oxygen atoms in total. The Balaban J connectivity index is 1.38. The predicted molar refractivity (Wildman–Crippen MR) is 122 cm³/mol. The molecule has 2 aromatic heterocycles. The first kappa shape index (κ1) is 24.1. The molecule has 1 aliphatic carbocycles. The lowest BCUT2D eigenvalue weighted by molar-refractivity contribution is -0.137. The zero-order valence-electron chi connectivity index (χ0n) is 19.0. The number of carbonyl (C=O) groups is 2. The molecule has 3 N–H and O–H groups in total. The van der Waals surface area contributed by atoms with Crippen molar-refractivity contribution >= 4 is 23.2 Å². The second kappa shape index (κ2) is 9.32. The van der Waals surface area contributed by atoms with Gasteiger partial charge in [0, 0.05) is 12.4 Å². The molecule has 2 heterocycles. The van der Waals surface area contributed by atoms with E-state index in [4.69, 9.17) is 0 Å². The monoisotopic (exact) mass is 484 g/mol. The number of hydrogen-bond acceptors (Lipinski definition) is 6. The number of para-hydroxylation sites is 1. The summed E-state index contributed by atoms with van der Waals surface area (Å²) in [5.74, 6) is -0.225. The van der Waals surface area contributed by atoms with Crippen molar-refractivity contribution in [3.8, 4) is 0 Å². The van der Waals surface area contributed by atoms with Gasteiger partial charge in [0.15, 0.2) is 0 Å². The first-order valence-corrected chi connectivity index (χ1v) is 10.9. The highest BCUT2D eigenvalue weighted by Gasteiger charge is 2.51. The molecule has 1 aromatic carbocycles. The number of halogens is 3. The third kappa shape index (κ3) is 5.56. The summed E-state index contributed by atoms with van der Waals surface area (Å²) in [6.45, 7) is 3.56. The topological polar surface area (TPSA) is 109 Å². The minimum absolute atomic E-state index is 0.0763. The number of carbonyl (C=O) groups excluding carboxylic acids is 2. The molecule has 1 fully saturated rings. The molecular formula is C24H23F3N6O2. The van der Waals surface area contributed by atoms with E-state index in [1.54, 1.807) is 19.9 Å². The summed E-state index contributed by atoms with van der Waals surface area (Å²) >= 11 is 0. The molecule has 1 saturated carbocycles. The highest BCUT2D eigenvalue weighted by atomic mass is 19.4. The van der Waals surface area contributed by atoms with Crippen LogP contribution in [-0.2, 0) is 17.5 Å². The molecule has 2 amide bonds. The molecule has 3 aromatic rings. The van der Waals surface area contributed by atoms with E-state index in [1.807, 2.05) is 0 Å². The fraction of sp³-hybridized carbons (Fsp3) is 0.292. The van der Waals surface area contributed by atoms with Crippen LogP contribution in [0.5, 0.6) is 0 Å². The van der Waals surface area contributed by atoms with Crippen LogP contribution in [0.15, 0.2) is 48.9 Å². The third-order valence-electron chi connectivity index (χ3n) is 5.70. The largest absolute Gasteiger partial charge is 0.418 e. The van der Waals surface area contributed by atoms with E-state index >= 15 is 0 Å². The normalized spacial score (nSPS) is 14.2. The van der Waals surface area contributed by atoms with Gasteiger partial charge in [-0.2, -0.15) is 13.2 Å². The van der Waals surface area contributed by atoms with Crippen LogP contribution >= 0.6 is 0 Å². The van der Waals surface area contributed by atoms with Crippen molar-refractivity contribution in [2.24, 2.45) is 0 Å². The second-order valence-corrected chi connectivity index (χ2v) is 8.39. The molecular weight excluding hydrogens is 461 g/mol. The summed E-state index contributed by atoms with van der Waals surface area (Å²) in [7, 11) is 0. The van der Waals surface area contributed by atoms with Gasteiger partial charge in [-0.3, -0.25) is 14.6 Å². The number of aryl methyl sites for hydroxylation is 2. The summed E-state index contributed by atoms with van der Waals surface area (Å²) < 4.78 is 39.7. The van der Waals surface area contributed by atoms with Gasteiger partial charge in [0.1, 0.15) is 11.4 Å². The molecule has 0 unspecified atom stereocenters. The second-order valence-electron chi connectivity index (χ2n) is 8.39. The maximum absolute atomic E-state index is 13.2. The Hall–Kier alpha value is -4.02.